The Hall–Kier alpha value is -1.92. The summed E-state index contributed by atoms with van der Waals surface area (Å²) in [6.45, 7) is 12.5. The maximum absolute atomic E-state index is 14.3. The highest BCUT2D eigenvalue weighted by Crippen LogP contribution is 2.28. The molecule has 27 heavy (non-hydrogen) atoms. The van der Waals surface area contributed by atoms with Crippen LogP contribution < -0.4 is 4.74 Å². The third-order valence-electron chi connectivity index (χ3n) is 5.42. The van der Waals surface area contributed by atoms with Crippen LogP contribution in [0.2, 0.25) is 0 Å². The molecule has 1 aliphatic heterocycles. The average molecular weight is 375 g/mol. The fourth-order valence-corrected chi connectivity index (χ4v) is 3.82. The maximum atomic E-state index is 14.3. The second-order valence-corrected chi connectivity index (χ2v) is 7.50. The van der Waals surface area contributed by atoms with E-state index in [1.165, 1.54) is 13.2 Å². The van der Waals surface area contributed by atoms with Crippen LogP contribution in [0.1, 0.15) is 38.6 Å². The molecule has 2 heterocycles. The summed E-state index contributed by atoms with van der Waals surface area (Å²) in [6.07, 6.45) is 1.13. The van der Waals surface area contributed by atoms with Gasteiger partial charge in [-0.25, -0.2) is 9.37 Å². The van der Waals surface area contributed by atoms with Crippen LogP contribution >= 0.6 is 0 Å². The molecule has 0 unspecified atom stereocenters. The summed E-state index contributed by atoms with van der Waals surface area (Å²) in [7, 11) is 1.52. The van der Waals surface area contributed by atoms with Crippen molar-refractivity contribution in [2.45, 2.75) is 52.7 Å². The fourth-order valence-electron chi connectivity index (χ4n) is 3.82. The van der Waals surface area contributed by atoms with Gasteiger partial charge in [-0.05, 0) is 39.3 Å². The third kappa shape index (κ3) is 4.33. The number of methoxy groups -OCH3 is 1. The van der Waals surface area contributed by atoms with Crippen LogP contribution in [0.5, 0.6) is 5.75 Å². The number of nitrogens with zero attached hydrogens (tertiary/aromatic N) is 3. The zero-order chi connectivity index (χ0) is 19.6. The molecule has 1 fully saturated rings. The molecule has 0 spiro atoms. The molecule has 0 radical (unpaired) electrons. The van der Waals surface area contributed by atoms with Gasteiger partial charge in [-0.3, -0.25) is 9.80 Å². The summed E-state index contributed by atoms with van der Waals surface area (Å²) < 4.78 is 25.2. The van der Waals surface area contributed by atoms with Gasteiger partial charge in [0.05, 0.1) is 18.4 Å². The molecule has 6 heteroatoms. The van der Waals surface area contributed by atoms with Gasteiger partial charge >= 0.3 is 0 Å². The van der Waals surface area contributed by atoms with E-state index in [0.29, 0.717) is 29.3 Å². The number of piperazine rings is 1. The van der Waals surface area contributed by atoms with Gasteiger partial charge in [0.1, 0.15) is 17.3 Å². The molecule has 1 aromatic carbocycles. The molecule has 0 bridgehead atoms. The van der Waals surface area contributed by atoms with Gasteiger partial charge in [0.25, 0.3) is 0 Å². The zero-order valence-electron chi connectivity index (χ0n) is 17.0. The van der Waals surface area contributed by atoms with Gasteiger partial charge in [0.15, 0.2) is 0 Å². The molecule has 3 rings (SSSR count). The summed E-state index contributed by atoms with van der Waals surface area (Å²) >= 11 is 0. The Morgan fingerprint density at radius 3 is 2.74 bits per heavy atom. The Labute approximate surface area is 161 Å². The molecule has 1 saturated heterocycles. The molecule has 1 atom stereocenters. The molecule has 2 aromatic rings. The number of halogens is 1. The molecule has 0 saturated carbocycles. The standard InChI is InChI=1S/C21H30FN3O2/c1-6-16-12-24(9-10-25(16)14(2)3)13-20-15(4)27-21(23-20)18-8-7-17(26-5)11-19(18)22/h7-8,11,14,16H,6,9-10,12-13H2,1-5H3/t16-/m1/s1. The highest BCUT2D eigenvalue weighted by Gasteiger charge is 2.28. The first-order valence-corrected chi connectivity index (χ1v) is 9.71. The molecular weight excluding hydrogens is 345 g/mol. The van der Waals surface area contributed by atoms with Crippen LogP contribution in [0, 0.1) is 12.7 Å². The van der Waals surface area contributed by atoms with Crippen molar-refractivity contribution in [1.82, 2.24) is 14.8 Å². The van der Waals surface area contributed by atoms with E-state index in [1.54, 1.807) is 12.1 Å². The van der Waals surface area contributed by atoms with Crippen molar-refractivity contribution in [1.29, 1.82) is 0 Å². The van der Waals surface area contributed by atoms with Crippen molar-refractivity contribution in [3.05, 3.63) is 35.5 Å². The van der Waals surface area contributed by atoms with E-state index in [0.717, 1.165) is 44.1 Å². The van der Waals surface area contributed by atoms with Gasteiger partial charge < -0.3 is 9.15 Å². The Bertz CT molecular complexity index is 775. The minimum atomic E-state index is -0.390. The Kier molecular flexibility index (Phi) is 6.17. The molecule has 0 aliphatic carbocycles. The third-order valence-corrected chi connectivity index (χ3v) is 5.42. The van der Waals surface area contributed by atoms with Crippen molar-refractivity contribution in [2.75, 3.05) is 26.7 Å². The first kappa shape index (κ1) is 19.8. The van der Waals surface area contributed by atoms with Crippen molar-refractivity contribution in [3.8, 4) is 17.2 Å². The second-order valence-electron chi connectivity index (χ2n) is 7.50. The topological polar surface area (TPSA) is 41.7 Å². The highest BCUT2D eigenvalue weighted by atomic mass is 19.1. The lowest BCUT2D eigenvalue weighted by Crippen LogP contribution is -2.54. The minimum Gasteiger partial charge on any atom is -0.497 e. The minimum absolute atomic E-state index is 0.329. The molecule has 1 aliphatic rings. The smallest absolute Gasteiger partial charge is 0.229 e. The van der Waals surface area contributed by atoms with Gasteiger partial charge in [0, 0.05) is 44.3 Å². The first-order valence-electron chi connectivity index (χ1n) is 9.71. The van der Waals surface area contributed by atoms with E-state index in [-0.39, 0.29) is 0 Å². The number of rotatable bonds is 6. The fraction of sp³-hybridized carbons (Fsp3) is 0.571. The maximum Gasteiger partial charge on any atom is 0.229 e. The molecular formula is C21H30FN3O2. The van der Waals surface area contributed by atoms with Crippen molar-refractivity contribution < 1.29 is 13.5 Å². The number of oxazole rings is 1. The van der Waals surface area contributed by atoms with Gasteiger partial charge in [-0.15, -0.1) is 0 Å². The van der Waals surface area contributed by atoms with Gasteiger partial charge in [-0.2, -0.15) is 0 Å². The van der Waals surface area contributed by atoms with Crippen molar-refractivity contribution in [3.63, 3.8) is 0 Å². The van der Waals surface area contributed by atoms with Crippen LogP contribution in [-0.4, -0.2) is 53.6 Å². The van der Waals surface area contributed by atoms with Crippen LogP contribution in [0.4, 0.5) is 4.39 Å². The van der Waals surface area contributed by atoms with E-state index in [4.69, 9.17) is 9.15 Å². The molecule has 5 nitrogen and oxygen atoms in total. The summed E-state index contributed by atoms with van der Waals surface area (Å²) in [6, 6.07) is 5.85. The molecule has 0 amide bonds. The quantitative estimate of drug-likeness (QED) is 0.760. The van der Waals surface area contributed by atoms with Gasteiger partial charge in [-0.1, -0.05) is 6.92 Å². The summed E-state index contributed by atoms with van der Waals surface area (Å²) in [4.78, 5) is 9.59. The number of hydrogen-bond acceptors (Lipinski definition) is 5. The van der Waals surface area contributed by atoms with Gasteiger partial charge in [0.2, 0.25) is 5.89 Å². The molecule has 0 N–H and O–H groups in total. The van der Waals surface area contributed by atoms with Crippen LogP contribution in [0.3, 0.4) is 0 Å². The average Bonchev–Trinajstić information content (AvgIpc) is 3.01. The molecule has 148 valence electrons. The number of hydrogen-bond donors (Lipinski definition) is 0. The SMILES string of the molecule is CC[C@@H]1CN(Cc2nc(-c3ccc(OC)cc3F)oc2C)CCN1C(C)C. The lowest BCUT2D eigenvalue weighted by atomic mass is 10.1. The monoisotopic (exact) mass is 375 g/mol. The predicted molar refractivity (Wildman–Crippen MR) is 104 cm³/mol. The highest BCUT2D eigenvalue weighted by molar-refractivity contribution is 5.56. The van der Waals surface area contributed by atoms with E-state index >= 15 is 0 Å². The van der Waals surface area contributed by atoms with Crippen molar-refractivity contribution in [2.24, 2.45) is 0 Å². The Morgan fingerprint density at radius 2 is 2.11 bits per heavy atom. The number of benzene rings is 1. The van der Waals surface area contributed by atoms with E-state index in [1.807, 2.05) is 6.92 Å². The summed E-state index contributed by atoms with van der Waals surface area (Å²) in [5.74, 6) is 1.17. The first-order chi connectivity index (χ1) is 12.9. The number of ether oxygens (including phenoxy) is 1. The Balaban J connectivity index is 1.74. The zero-order valence-corrected chi connectivity index (χ0v) is 17.0. The lowest BCUT2D eigenvalue weighted by Gasteiger charge is -2.43. The Morgan fingerprint density at radius 1 is 1.33 bits per heavy atom. The second kappa shape index (κ2) is 8.40. The number of aromatic nitrogens is 1. The van der Waals surface area contributed by atoms with Crippen LogP contribution in [0.25, 0.3) is 11.5 Å². The van der Waals surface area contributed by atoms with E-state index in [2.05, 4.69) is 35.6 Å². The largest absolute Gasteiger partial charge is 0.497 e. The number of aryl methyl sites for hydroxylation is 1. The summed E-state index contributed by atoms with van der Waals surface area (Å²) in [5, 5.41) is 0. The summed E-state index contributed by atoms with van der Waals surface area (Å²) in [5.41, 5.74) is 1.24. The van der Waals surface area contributed by atoms with E-state index < -0.39 is 5.82 Å². The normalized spacial score (nSPS) is 19.0. The van der Waals surface area contributed by atoms with Crippen LogP contribution in [0.15, 0.2) is 22.6 Å². The van der Waals surface area contributed by atoms with E-state index in [9.17, 15) is 4.39 Å². The lowest BCUT2D eigenvalue weighted by molar-refractivity contribution is 0.0450. The molecule has 1 aromatic heterocycles. The predicted octanol–water partition coefficient (Wildman–Crippen LogP) is 4.10. The van der Waals surface area contributed by atoms with Crippen molar-refractivity contribution >= 4 is 0 Å². The van der Waals surface area contributed by atoms with Crippen LogP contribution in [-0.2, 0) is 6.54 Å².